The highest BCUT2D eigenvalue weighted by molar-refractivity contribution is 7.99. The van der Waals surface area contributed by atoms with Crippen molar-refractivity contribution >= 4 is 35.6 Å². The molecule has 0 spiro atoms. The summed E-state index contributed by atoms with van der Waals surface area (Å²) in [5.41, 5.74) is 10.5. The van der Waals surface area contributed by atoms with Crippen LogP contribution >= 0.6 is 11.8 Å². The number of hydrogen-bond donors (Lipinski definition) is 8. The predicted molar refractivity (Wildman–Crippen MR) is 126 cm³/mol. The number of aromatic hydroxyl groups is 2. The van der Waals surface area contributed by atoms with E-state index in [9.17, 15) is 34.5 Å². The Morgan fingerprint density at radius 2 is 1.74 bits per heavy atom. The highest BCUT2D eigenvalue weighted by Crippen LogP contribution is 2.35. The van der Waals surface area contributed by atoms with Crippen molar-refractivity contribution in [1.82, 2.24) is 20.5 Å². The second-order valence-corrected chi connectivity index (χ2v) is 9.15. The van der Waals surface area contributed by atoms with Gasteiger partial charge in [-0.2, -0.15) is 0 Å². The molecule has 1 rings (SSSR count). The minimum absolute atomic E-state index is 0.0457. The third-order valence-electron chi connectivity index (χ3n) is 4.80. The lowest BCUT2D eigenvalue weighted by Crippen LogP contribution is -2.54. The summed E-state index contributed by atoms with van der Waals surface area (Å²) < 4.78 is 1.19. The Balaban J connectivity index is 2.84. The Kier molecular flexibility index (Phi) is 12.1. The zero-order chi connectivity index (χ0) is 25.8. The van der Waals surface area contributed by atoms with E-state index in [1.165, 1.54) is 28.5 Å². The molecule has 3 atom stereocenters. The van der Waals surface area contributed by atoms with E-state index in [1.54, 1.807) is 13.8 Å². The van der Waals surface area contributed by atoms with Crippen LogP contribution in [-0.2, 0) is 14.4 Å². The number of hydrogen-bond acceptors (Lipinski definition) is 8. The summed E-state index contributed by atoms with van der Waals surface area (Å²) in [5.74, 6) is -2.82. The number of carboxylic acid groups (broad SMARTS) is 1. The zero-order valence-corrected chi connectivity index (χ0v) is 20.0. The van der Waals surface area contributed by atoms with Gasteiger partial charge in [0.15, 0.2) is 11.8 Å². The maximum atomic E-state index is 12.8. The van der Waals surface area contributed by atoms with Crippen molar-refractivity contribution in [1.29, 1.82) is 0 Å². The first kappa shape index (κ1) is 28.9. The molecular formula is C20H34N6O7S. The summed E-state index contributed by atoms with van der Waals surface area (Å²) in [5, 5.41) is 36.1. The highest BCUT2D eigenvalue weighted by Gasteiger charge is 2.30. The van der Waals surface area contributed by atoms with E-state index in [0.717, 1.165) is 0 Å². The highest BCUT2D eigenvalue weighted by atomic mass is 32.2. The van der Waals surface area contributed by atoms with Crippen molar-refractivity contribution in [3.05, 3.63) is 12.1 Å². The molecule has 1 aromatic rings. The quantitative estimate of drug-likeness (QED) is 0.146. The third kappa shape index (κ3) is 9.39. The van der Waals surface area contributed by atoms with Gasteiger partial charge in [0, 0.05) is 31.0 Å². The summed E-state index contributed by atoms with van der Waals surface area (Å²) in [4.78, 5) is 47.8. The van der Waals surface area contributed by atoms with Crippen LogP contribution in [0.3, 0.4) is 0 Å². The number of thioether (sulfide) groups is 1. The number of rotatable bonds is 15. The maximum absolute atomic E-state index is 12.8. The molecule has 13 nitrogen and oxygen atoms in total. The normalized spacial score (nSPS) is 13.6. The van der Waals surface area contributed by atoms with Crippen LogP contribution < -0.4 is 27.4 Å². The average molecular weight is 503 g/mol. The van der Waals surface area contributed by atoms with Crippen LogP contribution in [0.5, 0.6) is 11.8 Å². The van der Waals surface area contributed by atoms with Gasteiger partial charge in [-0.1, -0.05) is 13.8 Å². The fraction of sp³-hybridized carbons (Fsp3) is 0.600. The summed E-state index contributed by atoms with van der Waals surface area (Å²) in [6.07, 6.45) is 0.130. The molecule has 0 saturated heterocycles. The van der Waals surface area contributed by atoms with Gasteiger partial charge in [0.05, 0.1) is 11.8 Å². The van der Waals surface area contributed by atoms with E-state index in [0.29, 0.717) is 12.3 Å². The second-order valence-electron chi connectivity index (χ2n) is 7.86. The van der Waals surface area contributed by atoms with Gasteiger partial charge in [0.1, 0.15) is 12.1 Å². The van der Waals surface area contributed by atoms with Crippen LogP contribution in [0.4, 0.5) is 4.79 Å². The Bertz CT molecular complexity index is 828. The molecule has 1 unspecified atom stereocenters. The van der Waals surface area contributed by atoms with E-state index in [4.69, 9.17) is 11.5 Å². The molecule has 0 fully saturated rings. The van der Waals surface area contributed by atoms with Crippen LogP contribution in [0.15, 0.2) is 12.1 Å². The molecule has 14 heteroatoms. The van der Waals surface area contributed by atoms with E-state index < -0.39 is 41.3 Å². The molecule has 0 saturated carbocycles. The predicted octanol–water partition coefficient (Wildman–Crippen LogP) is -0.361. The molecule has 0 bridgehead atoms. The molecule has 1 aromatic heterocycles. The smallest absolute Gasteiger partial charge is 0.326 e. The van der Waals surface area contributed by atoms with Crippen molar-refractivity contribution in [2.24, 2.45) is 17.4 Å². The first-order chi connectivity index (χ1) is 16.0. The Morgan fingerprint density at radius 1 is 1.12 bits per heavy atom. The summed E-state index contributed by atoms with van der Waals surface area (Å²) in [6.45, 7) is 3.86. The molecule has 10 N–H and O–H groups in total. The largest absolute Gasteiger partial charge is 0.494 e. The fourth-order valence-corrected chi connectivity index (χ4v) is 4.16. The van der Waals surface area contributed by atoms with Crippen LogP contribution in [-0.4, -0.2) is 74.6 Å². The van der Waals surface area contributed by atoms with Crippen LogP contribution in [0, 0.1) is 5.92 Å². The number of carbonyl (C=O) groups excluding carboxylic acids is 3. The molecule has 0 aliphatic rings. The molecule has 0 aromatic carbocycles. The Labute approximate surface area is 201 Å². The maximum Gasteiger partial charge on any atom is 0.326 e. The monoisotopic (exact) mass is 502 g/mol. The number of carbonyl (C=O) groups is 4. The minimum atomic E-state index is -1.25. The SMILES string of the molecule is CC(C)[C@H](NC(=O)CC(SCCN)n1c(O)ccc1O)C(=O)N[C@@H](CCCNC(N)=O)C(=O)O. The number of primary amides is 1. The number of aromatic nitrogens is 1. The third-order valence-corrected chi connectivity index (χ3v) is 6.03. The molecule has 0 aliphatic carbocycles. The van der Waals surface area contributed by atoms with Gasteiger partial charge in [0.25, 0.3) is 0 Å². The molecule has 0 aliphatic heterocycles. The Hall–Kier alpha value is -3.13. The van der Waals surface area contributed by atoms with Gasteiger partial charge in [-0.25, -0.2) is 9.59 Å². The molecule has 4 amide bonds. The van der Waals surface area contributed by atoms with Crippen LogP contribution in [0.2, 0.25) is 0 Å². The number of carboxylic acids is 1. The molecule has 34 heavy (non-hydrogen) atoms. The number of aliphatic carboxylic acids is 1. The van der Waals surface area contributed by atoms with Crippen molar-refractivity contribution < 1.29 is 34.5 Å². The second kappa shape index (κ2) is 14.2. The van der Waals surface area contributed by atoms with Crippen molar-refractivity contribution in [3.8, 4) is 11.8 Å². The standard InChI is InChI=1S/C20H34N6O7S/c1-11(2)17(18(30)24-12(19(31)32)4-3-8-23-20(22)33)25-13(27)10-16(34-9-7-21)26-14(28)5-6-15(26)29/h5-6,11-12,16-17,28-29H,3-4,7-10,21H2,1-2H3,(H,24,30)(H,25,27)(H,31,32)(H3,22,23,33)/t12-,16?,17-/m0/s1. The first-order valence-electron chi connectivity index (χ1n) is 10.7. The van der Waals surface area contributed by atoms with Gasteiger partial charge >= 0.3 is 12.0 Å². The number of amides is 4. The van der Waals surface area contributed by atoms with Crippen LogP contribution in [0.1, 0.15) is 38.5 Å². The van der Waals surface area contributed by atoms with E-state index in [-0.39, 0.29) is 43.5 Å². The molecular weight excluding hydrogens is 468 g/mol. The van der Waals surface area contributed by atoms with E-state index in [1.807, 2.05) is 0 Å². The van der Waals surface area contributed by atoms with E-state index >= 15 is 0 Å². The van der Waals surface area contributed by atoms with E-state index in [2.05, 4.69) is 16.0 Å². The lowest BCUT2D eigenvalue weighted by molar-refractivity contribution is -0.142. The van der Waals surface area contributed by atoms with Crippen molar-refractivity contribution in [3.63, 3.8) is 0 Å². The average Bonchev–Trinajstić information content (AvgIpc) is 3.08. The van der Waals surface area contributed by atoms with Crippen molar-refractivity contribution in [2.75, 3.05) is 18.8 Å². The zero-order valence-electron chi connectivity index (χ0n) is 19.2. The molecule has 0 radical (unpaired) electrons. The molecule has 1 heterocycles. The van der Waals surface area contributed by atoms with Crippen LogP contribution in [0.25, 0.3) is 0 Å². The lowest BCUT2D eigenvalue weighted by Gasteiger charge is -2.25. The lowest BCUT2D eigenvalue weighted by atomic mass is 10.0. The number of nitrogens with zero attached hydrogens (tertiary/aromatic N) is 1. The molecule has 192 valence electrons. The van der Waals surface area contributed by atoms with Gasteiger partial charge < -0.3 is 42.7 Å². The number of nitrogens with one attached hydrogen (secondary N) is 3. The number of nitrogens with two attached hydrogens (primary N) is 2. The van der Waals surface area contributed by atoms with Crippen molar-refractivity contribution in [2.45, 2.75) is 50.6 Å². The first-order valence-corrected chi connectivity index (χ1v) is 11.8. The topological polar surface area (TPSA) is 222 Å². The summed E-state index contributed by atoms with van der Waals surface area (Å²) >= 11 is 1.25. The minimum Gasteiger partial charge on any atom is -0.494 e. The van der Waals surface area contributed by atoms with Gasteiger partial charge in [0.2, 0.25) is 11.8 Å². The number of urea groups is 1. The summed E-state index contributed by atoms with van der Waals surface area (Å²) in [7, 11) is 0. The van der Waals surface area contributed by atoms with Gasteiger partial charge in [-0.05, 0) is 18.8 Å². The Morgan fingerprint density at radius 3 is 2.24 bits per heavy atom. The fourth-order valence-electron chi connectivity index (χ4n) is 3.11. The summed E-state index contributed by atoms with van der Waals surface area (Å²) in [6, 6.07) is -0.396. The van der Waals surface area contributed by atoms with Gasteiger partial charge in [-0.15, -0.1) is 11.8 Å². The van der Waals surface area contributed by atoms with Gasteiger partial charge in [-0.3, -0.25) is 14.2 Å².